The molecule has 2 rings (SSSR count). The van der Waals surface area contributed by atoms with Gasteiger partial charge in [-0.1, -0.05) is 5.16 Å². The number of anilines is 1. The maximum Gasteiger partial charge on any atom is 0.416 e. The van der Waals surface area contributed by atoms with E-state index in [4.69, 9.17) is 5.21 Å². The number of nitrogens with one attached hydrogen (secondary N) is 1. The van der Waals surface area contributed by atoms with E-state index in [2.05, 4.69) is 5.16 Å². The number of nitrogens with zero attached hydrogens (tertiary/aromatic N) is 1. The Hall–Kier alpha value is -2.71. The number of amides is 1. The lowest BCUT2D eigenvalue weighted by Crippen LogP contribution is -2.31. The van der Waals surface area contributed by atoms with E-state index in [-0.39, 0.29) is 5.56 Å². The van der Waals surface area contributed by atoms with Crippen LogP contribution in [0.25, 0.3) is 0 Å². The van der Waals surface area contributed by atoms with Gasteiger partial charge in [0, 0.05) is 5.56 Å². The van der Waals surface area contributed by atoms with Crippen molar-refractivity contribution in [3.8, 4) is 0 Å². The van der Waals surface area contributed by atoms with E-state index in [0.29, 0.717) is 12.1 Å². The molecule has 0 unspecified atom stereocenters. The number of fused-ring (bicyclic) bond motifs is 1. The SMILES string of the molecule is O=C1Nc2cc(C(F)(F)F)ccc2C(=O)/C(=N/O)C1=O. The number of alkyl halides is 3. The first-order valence-electron chi connectivity index (χ1n) is 5.09. The Morgan fingerprint density at radius 3 is 2.30 bits per heavy atom. The molecule has 1 aromatic carbocycles. The van der Waals surface area contributed by atoms with Gasteiger partial charge in [-0.05, 0) is 18.2 Å². The first-order chi connectivity index (χ1) is 9.25. The van der Waals surface area contributed by atoms with Gasteiger partial charge in [0.1, 0.15) is 0 Å². The van der Waals surface area contributed by atoms with Crippen LogP contribution in [0.5, 0.6) is 0 Å². The van der Waals surface area contributed by atoms with Crippen molar-refractivity contribution >= 4 is 28.9 Å². The van der Waals surface area contributed by atoms with E-state index in [9.17, 15) is 27.6 Å². The third-order valence-electron chi connectivity index (χ3n) is 2.58. The van der Waals surface area contributed by atoms with Gasteiger partial charge in [-0.3, -0.25) is 14.4 Å². The summed E-state index contributed by atoms with van der Waals surface area (Å²) in [6.07, 6.45) is -4.67. The number of rotatable bonds is 0. The van der Waals surface area contributed by atoms with Crippen LogP contribution in [-0.2, 0) is 15.8 Å². The molecule has 0 aromatic heterocycles. The molecule has 1 amide bonds. The van der Waals surface area contributed by atoms with E-state index in [0.717, 1.165) is 6.07 Å². The second-order valence-electron chi connectivity index (χ2n) is 3.82. The van der Waals surface area contributed by atoms with Gasteiger partial charge in [0.15, 0.2) is 0 Å². The zero-order chi connectivity index (χ0) is 15.1. The number of hydrogen-bond donors (Lipinski definition) is 2. The molecule has 20 heavy (non-hydrogen) atoms. The Morgan fingerprint density at radius 2 is 1.75 bits per heavy atom. The molecule has 0 saturated heterocycles. The first kappa shape index (κ1) is 13.7. The highest BCUT2D eigenvalue weighted by atomic mass is 19.4. The predicted octanol–water partition coefficient (Wildman–Crippen LogP) is 1.24. The van der Waals surface area contributed by atoms with Crippen molar-refractivity contribution in [1.29, 1.82) is 0 Å². The summed E-state index contributed by atoms with van der Waals surface area (Å²) in [5.74, 6) is -3.92. The summed E-state index contributed by atoms with van der Waals surface area (Å²) in [5, 5.41) is 12.9. The maximum atomic E-state index is 12.5. The Labute approximate surface area is 108 Å². The molecule has 1 aliphatic rings. The zero-order valence-corrected chi connectivity index (χ0v) is 9.49. The molecule has 0 fully saturated rings. The van der Waals surface area contributed by atoms with Crippen LogP contribution in [0, 0.1) is 0 Å². The van der Waals surface area contributed by atoms with E-state index in [1.807, 2.05) is 5.32 Å². The summed E-state index contributed by atoms with van der Waals surface area (Å²) < 4.78 is 37.6. The predicted molar refractivity (Wildman–Crippen MR) is 58.6 cm³/mol. The van der Waals surface area contributed by atoms with Crippen molar-refractivity contribution in [2.24, 2.45) is 5.16 Å². The summed E-state index contributed by atoms with van der Waals surface area (Å²) in [7, 11) is 0. The van der Waals surface area contributed by atoms with Crippen LogP contribution in [0.1, 0.15) is 15.9 Å². The Kier molecular flexibility index (Phi) is 3.04. The molecule has 2 N–H and O–H groups in total. The topological polar surface area (TPSA) is 95.8 Å². The Balaban J connectivity index is 2.63. The summed E-state index contributed by atoms with van der Waals surface area (Å²) in [5.41, 5.74) is -2.99. The number of carbonyl (C=O) groups is 3. The number of Topliss-reactive ketones (excluding diaryl/α,β-unsaturated/α-hetero) is 2. The second-order valence-corrected chi connectivity index (χ2v) is 3.82. The third kappa shape index (κ3) is 2.13. The fraction of sp³-hybridized carbons (Fsp3) is 0.0909. The van der Waals surface area contributed by atoms with Gasteiger partial charge in [0.05, 0.1) is 11.3 Å². The van der Waals surface area contributed by atoms with Gasteiger partial charge >= 0.3 is 6.18 Å². The summed E-state index contributed by atoms with van der Waals surface area (Å²) in [6, 6.07) is 1.94. The maximum absolute atomic E-state index is 12.5. The van der Waals surface area contributed by atoms with Crippen molar-refractivity contribution < 1.29 is 32.8 Å². The monoisotopic (exact) mass is 286 g/mol. The average Bonchev–Trinajstić information content (AvgIpc) is 2.45. The lowest BCUT2D eigenvalue weighted by atomic mass is 10.0. The number of halogens is 3. The number of carbonyl (C=O) groups excluding carboxylic acids is 3. The highest BCUT2D eigenvalue weighted by Crippen LogP contribution is 2.33. The van der Waals surface area contributed by atoms with Crippen LogP contribution in [-0.4, -0.2) is 28.4 Å². The minimum absolute atomic E-state index is 0.370. The average molecular weight is 286 g/mol. The number of benzene rings is 1. The molecule has 0 atom stereocenters. The van der Waals surface area contributed by atoms with Crippen LogP contribution < -0.4 is 5.32 Å². The highest BCUT2D eigenvalue weighted by molar-refractivity contribution is 6.83. The van der Waals surface area contributed by atoms with Crippen LogP contribution in [0.4, 0.5) is 18.9 Å². The smallest absolute Gasteiger partial charge is 0.410 e. The van der Waals surface area contributed by atoms with Crippen molar-refractivity contribution in [2.75, 3.05) is 5.32 Å². The molecule has 104 valence electrons. The molecule has 1 aromatic rings. The normalized spacial score (nSPS) is 17.8. The fourth-order valence-electron chi connectivity index (χ4n) is 1.63. The zero-order valence-electron chi connectivity index (χ0n) is 9.49. The molecule has 1 aliphatic heterocycles. The van der Waals surface area contributed by atoms with E-state index < -0.39 is 40.6 Å². The second kappa shape index (κ2) is 4.44. The lowest BCUT2D eigenvalue weighted by molar-refractivity contribution is -0.137. The summed E-state index contributed by atoms with van der Waals surface area (Å²) in [4.78, 5) is 34.6. The Bertz CT molecular complexity index is 664. The van der Waals surface area contributed by atoms with Crippen molar-refractivity contribution in [1.82, 2.24) is 0 Å². The number of hydrogen-bond acceptors (Lipinski definition) is 5. The van der Waals surface area contributed by atoms with E-state index >= 15 is 0 Å². The number of ketones is 2. The van der Waals surface area contributed by atoms with Crippen LogP contribution in [0.3, 0.4) is 0 Å². The summed E-state index contributed by atoms with van der Waals surface area (Å²) >= 11 is 0. The first-order valence-corrected chi connectivity index (χ1v) is 5.09. The minimum atomic E-state index is -4.67. The molecule has 6 nitrogen and oxygen atoms in total. The fourth-order valence-corrected chi connectivity index (χ4v) is 1.63. The minimum Gasteiger partial charge on any atom is -0.410 e. The van der Waals surface area contributed by atoms with Gasteiger partial charge in [-0.25, -0.2) is 0 Å². The van der Waals surface area contributed by atoms with Crippen molar-refractivity contribution in [2.45, 2.75) is 6.18 Å². The molecule has 0 radical (unpaired) electrons. The number of oxime groups is 1. The van der Waals surface area contributed by atoms with E-state index in [1.54, 1.807) is 0 Å². The molecular weight excluding hydrogens is 281 g/mol. The largest absolute Gasteiger partial charge is 0.416 e. The molecule has 0 spiro atoms. The highest BCUT2D eigenvalue weighted by Gasteiger charge is 2.37. The van der Waals surface area contributed by atoms with Gasteiger partial charge in [0.25, 0.3) is 11.7 Å². The van der Waals surface area contributed by atoms with Crippen molar-refractivity contribution in [3.63, 3.8) is 0 Å². The third-order valence-corrected chi connectivity index (χ3v) is 2.58. The molecule has 9 heteroatoms. The van der Waals surface area contributed by atoms with Crippen LogP contribution in [0.15, 0.2) is 23.4 Å². The summed E-state index contributed by atoms with van der Waals surface area (Å²) in [6.45, 7) is 0. The lowest BCUT2D eigenvalue weighted by Gasteiger charge is -2.10. The van der Waals surface area contributed by atoms with Crippen LogP contribution in [0.2, 0.25) is 0 Å². The molecule has 0 bridgehead atoms. The van der Waals surface area contributed by atoms with Gasteiger partial charge in [-0.15, -0.1) is 0 Å². The van der Waals surface area contributed by atoms with Crippen molar-refractivity contribution in [3.05, 3.63) is 29.3 Å². The van der Waals surface area contributed by atoms with Gasteiger partial charge in [0.2, 0.25) is 11.5 Å². The molecular formula is C11H5F3N2O4. The van der Waals surface area contributed by atoms with E-state index in [1.165, 1.54) is 0 Å². The standard InChI is InChI=1S/C11H5F3N2O4/c12-11(13,14)4-1-2-5-6(3-4)15-10(19)9(18)7(16-20)8(5)17/h1-3,20H,(H,15,19)/b16-7-. The van der Waals surface area contributed by atoms with Gasteiger partial charge < -0.3 is 10.5 Å². The molecule has 1 heterocycles. The van der Waals surface area contributed by atoms with Crippen LogP contribution >= 0.6 is 0 Å². The quantitative estimate of drug-likeness (QED) is 0.426. The Morgan fingerprint density at radius 1 is 1.10 bits per heavy atom. The molecule has 0 saturated carbocycles. The van der Waals surface area contributed by atoms with Gasteiger partial charge in [-0.2, -0.15) is 13.2 Å². The molecule has 0 aliphatic carbocycles.